The fraction of sp³-hybridized carbons (Fsp3) is 0.0625. The van der Waals surface area contributed by atoms with E-state index < -0.39 is 11.8 Å². The van der Waals surface area contributed by atoms with Gasteiger partial charge in [-0.3, -0.25) is 14.8 Å². The molecule has 9 heteroatoms. The van der Waals surface area contributed by atoms with E-state index in [1.165, 1.54) is 43.1 Å². The summed E-state index contributed by atoms with van der Waals surface area (Å²) in [4.78, 5) is 23.4. The molecule has 2 aromatic rings. The van der Waals surface area contributed by atoms with Gasteiger partial charge in [0.2, 0.25) is 0 Å². The molecule has 0 aliphatic rings. The van der Waals surface area contributed by atoms with Gasteiger partial charge in [-0.15, -0.1) is 0 Å². The van der Waals surface area contributed by atoms with E-state index in [9.17, 15) is 14.7 Å². The molecule has 0 saturated carbocycles. The molecule has 25 heavy (non-hydrogen) atoms. The Morgan fingerprint density at radius 1 is 1.20 bits per heavy atom. The lowest BCUT2D eigenvalue weighted by atomic mass is 10.1. The Morgan fingerprint density at radius 3 is 2.52 bits per heavy atom. The van der Waals surface area contributed by atoms with Crippen molar-refractivity contribution >= 4 is 34.0 Å². The minimum atomic E-state index is -0.732. The summed E-state index contributed by atoms with van der Waals surface area (Å²) in [6.07, 6.45) is 1.25. The van der Waals surface area contributed by atoms with Gasteiger partial charge in [-0.25, -0.2) is 10.9 Å². The van der Waals surface area contributed by atoms with Gasteiger partial charge in [0.25, 0.3) is 11.8 Å². The average molecular weight is 408 g/mol. The van der Waals surface area contributed by atoms with Crippen LogP contribution in [0.15, 0.2) is 46.0 Å². The molecule has 8 nitrogen and oxygen atoms in total. The van der Waals surface area contributed by atoms with E-state index >= 15 is 0 Å². The monoisotopic (exact) mass is 407 g/mol. The summed E-state index contributed by atoms with van der Waals surface area (Å²) in [6.45, 7) is 0. The predicted molar refractivity (Wildman–Crippen MR) is 93.1 cm³/mol. The largest absolute Gasteiger partial charge is 0.504 e. The first-order valence-electron chi connectivity index (χ1n) is 6.90. The van der Waals surface area contributed by atoms with Crippen LogP contribution >= 0.6 is 15.9 Å². The fourth-order valence-electron chi connectivity index (χ4n) is 1.94. The number of hydrazone groups is 1. The first-order chi connectivity index (χ1) is 12.0. The normalized spacial score (nSPS) is 10.5. The van der Waals surface area contributed by atoms with Gasteiger partial charge in [-0.2, -0.15) is 5.10 Å². The van der Waals surface area contributed by atoms with Crippen molar-refractivity contribution in [3.05, 3.63) is 57.6 Å². The molecule has 0 heterocycles. The molecule has 2 aromatic carbocycles. The molecule has 130 valence electrons. The van der Waals surface area contributed by atoms with Crippen LogP contribution in [0.5, 0.6) is 11.5 Å². The number of rotatable bonds is 5. The van der Waals surface area contributed by atoms with Crippen LogP contribution in [0.2, 0.25) is 0 Å². The molecule has 0 fully saturated rings. The van der Waals surface area contributed by atoms with Crippen LogP contribution in [0.4, 0.5) is 0 Å². The van der Waals surface area contributed by atoms with Gasteiger partial charge in [0.15, 0.2) is 11.5 Å². The maximum Gasteiger partial charge on any atom is 0.274 e. The van der Waals surface area contributed by atoms with Crippen LogP contribution in [-0.2, 0) is 0 Å². The standard InChI is InChI=1S/C16H14BrN3O5/c1-25-13-7-12(17)6-11(14(13)21)8-18-19-15(22)9-3-2-4-10(5-9)16(23)20-24/h2-8,21,24H,1H3,(H,19,22)(H,20,23)/b18-8+. The van der Waals surface area contributed by atoms with Crippen LogP contribution in [0.25, 0.3) is 0 Å². The molecule has 0 aliphatic heterocycles. The number of phenolic OH excluding ortho intramolecular Hbond substituents is 1. The number of hydrogen-bond acceptors (Lipinski definition) is 6. The van der Waals surface area contributed by atoms with Crippen LogP contribution < -0.4 is 15.6 Å². The van der Waals surface area contributed by atoms with Crippen LogP contribution in [-0.4, -0.2) is 35.5 Å². The zero-order valence-electron chi connectivity index (χ0n) is 13.0. The number of carbonyl (C=O) groups is 2. The zero-order valence-corrected chi connectivity index (χ0v) is 14.6. The number of phenols is 1. The smallest absolute Gasteiger partial charge is 0.274 e. The zero-order chi connectivity index (χ0) is 18.4. The van der Waals surface area contributed by atoms with Crippen LogP contribution in [0, 0.1) is 0 Å². The Balaban J connectivity index is 2.14. The topological polar surface area (TPSA) is 120 Å². The number of benzene rings is 2. The first kappa shape index (κ1) is 18.4. The number of ether oxygens (including phenoxy) is 1. The van der Waals surface area contributed by atoms with E-state index in [1.807, 2.05) is 0 Å². The third-order valence-electron chi connectivity index (χ3n) is 3.15. The van der Waals surface area contributed by atoms with Crippen molar-refractivity contribution in [2.45, 2.75) is 0 Å². The van der Waals surface area contributed by atoms with E-state index in [4.69, 9.17) is 9.94 Å². The lowest BCUT2D eigenvalue weighted by Gasteiger charge is -2.07. The van der Waals surface area contributed by atoms with Gasteiger partial charge in [-0.1, -0.05) is 22.0 Å². The lowest BCUT2D eigenvalue weighted by molar-refractivity contribution is 0.0706. The number of amides is 2. The second-order valence-electron chi connectivity index (χ2n) is 4.77. The second kappa shape index (κ2) is 8.27. The Hall–Kier alpha value is -2.91. The van der Waals surface area contributed by atoms with Gasteiger partial charge in [-0.05, 0) is 30.3 Å². The third kappa shape index (κ3) is 4.55. The highest BCUT2D eigenvalue weighted by Crippen LogP contribution is 2.32. The van der Waals surface area contributed by atoms with E-state index in [2.05, 4.69) is 26.5 Å². The molecule has 0 aromatic heterocycles. The van der Waals surface area contributed by atoms with E-state index in [0.29, 0.717) is 10.0 Å². The lowest BCUT2D eigenvalue weighted by Crippen LogP contribution is -2.21. The van der Waals surface area contributed by atoms with Crippen molar-refractivity contribution in [3.63, 3.8) is 0 Å². The second-order valence-corrected chi connectivity index (χ2v) is 5.68. The molecule has 2 rings (SSSR count). The van der Waals surface area contributed by atoms with Gasteiger partial charge in [0.1, 0.15) is 0 Å². The molecule has 0 radical (unpaired) electrons. The number of hydroxylamine groups is 1. The molecule has 0 unspecified atom stereocenters. The Kier molecular flexibility index (Phi) is 6.09. The van der Waals surface area contributed by atoms with E-state index in [1.54, 1.807) is 12.1 Å². The molecule has 4 N–H and O–H groups in total. The SMILES string of the molecule is COc1cc(Br)cc(/C=N/NC(=O)c2cccc(C(=O)NO)c2)c1O. The van der Waals surface area contributed by atoms with E-state index in [-0.39, 0.29) is 22.6 Å². The molecule has 0 aliphatic carbocycles. The summed E-state index contributed by atoms with van der Waals surface area (Å²) in [6, 6.07) is 8.91. The van der Waals surface area contributed by atoms with Crippen molar-refractivity contribution < 1.29 is 24.6 Å². The molecule has 0 spiro atoms. The summed E-state index contributed by atoms with van der Waals surface area (Å²) in [7, 11) is 1.42. The molecular weight excluding hydrogens is 394 g/mol. The van der Waals surface area contributed by atoms with E-state index in [0.717, 1.165) is 0 Å². The van der Waals surface area contributed by atoms with Gasteiger partial charge in [0.05, 0.1) is 13.3 Å². The number of halogens is 1. The fourth-order valence-corrected chi connectivity index (χ4v) is 2.39. The number of nitrogens with zero attached hydrogens (tertiary/aromatic N) is 1. The minimum Gasteiger partial charge on any atom is -0.504 e. The molecular formula is C16H14BrN3O5. The molecule has 0 atom stereocenters. The van der Waals surface area contributed by atoms with Gasteiger partial charge in [0, 0.05) is 21.2 Å². The minimum absolute atomic E-state index is 0.119. The molecule has 2 amide bonds. The summed E-state index contributed by atoms with van der Waals surface area (Å²) in [5.41, 5.74) is 4.40. The molecule has 0 bridgehead atoms. The number of aromatic hydroxyl groups is 1. The van der Waals surface area contributed by atoms with Gasteiger partial charge < -0.3 is 9.84 Å². The van der Waals surface area contributed by atoms with Crippen molar-refractivity contribution in [2.24, 2.45) is 5.10 Å². The summed E-state index contributed by atoms with van der Waals surface area (Å²) in [5.74, 6) is -1.16. The Labute approximate surface area is 151 Å². The average Bonchev–Trinajstić information content (AvgIpc) is 2.63. The van der Waals surface area contributed by atoms with Crippen LogP contribution in [0.1, 0.15) is 26.3 Å². The first-order valence-corrected chi connectivity index (χ1v) is 7.70. The number of hydrogen-bond donors (Lipinski definition) is 4. The Bertz CT molecular complexity index is 839. The maximum absolute atomic E-state index is 12.1. The molecule has 0 saturated heterocycles. The Morgan fingerprint density at radius 2 is 1.88 bits per heavy atom. The maximum atomic E-state index is 12.1. The highest BCUT2D eigenvalue weighted by molar-refractivity contribution is 9.10. The van der Waals surface area contributed by atoms with Crippen LogP contribution in [0.3, 0.4) is 0 Å². The number of carbonyl (C=O) groups excluding carboxylic acids is 2. The quantitative estimate of drug-likeness (QED) is 0.343. The van der Waals surface area contributed by atoms with Crippen molar-refractivity contribution in [1.82, 2.24) is 10.9 Å². The summed E-state index contributed by atoms with van der Waals surface area (Å²) < 4.78 is 5.69. The third-order valence-corrected chi connectivity index (χ3v) is 3.61. The van der Waals surface area contributed by atoms with Crippen molar-refractivity contribution in [1.29, 1.82) is 0 Å². The summed E-state index contributed by atoms with van der Waals surface area (Å²) >= 11 is 3.28. The van der Waals surface area contributed by atoms with Crippen molar-refractivity contribution in [3.8, 4) is 11.5 Å². The predicted octanol–water partition coefficient (Wildman–Crippen LogP) is 2.05. The highest BCUT2D eigenvalue weighted by atomic mass is 79.9. The highest BCUT2D eigenvalue weighted by Gasteiger charge is 2.10. The summed E-state index contributed by atoms with van der Waals surface area (Å²) in [5, 5.41) is 22.4. The van der Waals surface area contributed by atoms with Crippen molar-refractivity contribution in [2.75, 3.05) is 7.11 Å². The number of methoxy groups -OCH3 is 1. The van der Waals surface area contributed by atoms with Gasteiger partial charge >= 0.3 is 0 Å². The number of nitrogens with one attached hydrogen (secondary N) is 2.